The molecule has 1 saturated heterocycles. The molecule has 1 heterocycles. The zero-order valence-electron chi connectivity index (χ0n) is 11.4. The van der Waals surface area contributed by atoms with E-state index < -0.39 is 0 Å². The van der Waals surface area contributed by atoms with Crippen molar-refractivity contribution < 1.29 is 4.79 Å². The summed E-state index contributed by atoms with van der Waals surface area (Å²) in [6.45, 7) is 6.93. The molecule has 17 heavy (non-hydrogen) atoms. The van der Waals surface area contributed by atoms with Crippen LogP contribution in [-0.2, 0) is 4.79 Å². The van der Waals surface area contributed by atoms with Crippen LogP contribution in [0.5, 0.6) is 0 Å². The molecule has 100 valence electrons. The minimum Gasteiger partial charge on any atom is -0.355 e. The van der Waals surface area contributed by atoms with Gasteiger partial charge in [0.2, 0.25) is 5.91 Å². The molecule has 0 aromatic heterocycles. The van der Waals surface area contributed by atoms with Crippen LogP contribution < -0.4 is 5.32 Å². The smallest absolute Gasteiger partial charge is 0.221 e. The van der Waals surface area contributed by atoms with E-state index >= 15 is 0 Å². The molecule has 0 atom stereocenters. The van der Waals surface area contributed by atoms with Gasteiger partial charge in [-0.3, -0.25) is 4.79 Å². The largest absolute Gasteiger partial charge is 0.355 e. The number of hydrogen-bond donors (Lipinski definition) is 1. The third-order valence-corrected chi connectivity index (χ3v) is 3.13. The molecule has 0 spiro atoms. The Morgan fingerprint density at radius 1 is 1.24 bits per heavy atom. The molecule has 1 fully saturated rings. The highest BCUT2D eigenvalue weighted by atomic mass is 16.1. The van der Waals surface area contributed by atoms with Crippen molar-refractivity contribution in [3.05, 3.63) is 0 Å². The monoisotopic (exact) mass is 242 g/mol. The Morgan fingerprint density at radius 3 is 2.47 bits per heavy atom. The van der Waals surface area contributed by atoms with Gasteiger partial charge in [-0.15, -0.1) is 0 Å². The first-order valence-electron chi connectivity index (χ1n) is 6.40. The number of rotatable bonds is 6. The Hall–Kier alpha value is -0.650. The van der Waals surface area contributed by atoms with Gasteiger partial charge >= 0.3 is 0 Å². The fraction of sp³-hybridized carbons (Fsp3) is 0.917. The molecule has 0 aromatic rings. The maximum Gasteiger partial charge on any atom is 0.221 e. The zero-order chi connectivity index (χ0) is 12.7. The van der Waals surface area contributed by atoms with E-state index in [0.717, 1.165) is 45.8 Å². The normalized spacial score (nSPS) is 18.6. The Kier molecular flexibility index (Phi) is 6.47. The van der Waals surface area contributed by atoms with E-state index in [1.54, 1.807) is 0 Å². The van der Waals surface area contributed by atoms with Crippen LogP contribution in [0.2, 0.25) is 0 Å². The number of likely N-dealkylation sites (N-methyl/N-ethyl adjacent to an activating group) is 2. The molecule has 1 aliphatic heterocycles. The molecule has 0 bridgehead atoms. The van der Waals surface area contributed by atoms with E-state index in [0.29, 0.717) is 6.42 Å². The number of nitrogens with one attached hydrogen (secondary N) is 1. The van der Waals surface area contributed by atoms with Gasteiger partial charge in [0.15, 0.2) is 0 Å². The standard InChI is InChI=1S/C12H26N4O/c1-14(2)7-5-13-12(17)4-6-16-10-8-15(3)9-11-16/h4-11H2,1-3H3,(H,13,17). The molecule has 0 saturated carbocycles. The van der Waals surface area contributed by atoms with Gasteiger partial charge in [0.25, 0.3) is 0 Å². The van der Waals surface area contributed by atoms with Gasteiger partial charge in [-0.25, -0.2) is 0 Å². The van der Waals surface area contributed by atoms with E-state index in [-0.39, 0.29) is 5.91 Å². The van der Waals surface area contributed by atoms with Crippen LogP contribution in [0.25, 0.3) is 0 Å². The second-order valence-electron chi connectivity index (χ2n) is 5.05. The third kappa shape index (κ3) is 6.61. The predicted molar refractivity (Wildman–Crippen MR) is 70.1 cm³/mol. The Balaban J connectivity index is 2.03. The fourth-order valence-corrected chi connectivity index (χ4v) is 1.84. The van der Waals surface area contributed by atoms with Crippen LogP contribution in [0.15, 0.2) is 0 Å². The molecule has 5 heteroatoms. The second kappa shape index (κ2) is 7.63. The number of hydrogen-bond acceptors (Lipinski definition) is 4. The molecule has 0 aromatic carbocycles. The van der Waals surface area contributed by atoms with Gasteiger partial charge in [-0.2, -0.15) is 0 Å². The SMILES string of the molecule is CN(C)CCNC(=O)CCN1CCN(C)CC1. The van der Waals surface area contributed by atoms with Crippen molar-refractivity contribution in [3.8, 4) is 0 Å². The predicted octanol–water partition coefficient (Wildman–Crippen LogP) is -0.698. The van der Waals surface area contributed by atoms with Crippen molar-refractivity contribution in [3.63, 3.8) is 0 Å². The molecular weight excluding hydrogens is 216 g/mol. The first-order valence-corrected chi connectivity index (χ1v) is 6.40. The van der Waals surface area contributed by atoms with Crippen molar-refractivity contribution in [2.45, 2.75) is 6.42 Å². The molecule has 1 rings (SSSR count). The van der Waals surface area contributed by atoms with E-state index in [1.807, 2.05) is 14.1 Å². The van der Waals surface area contributed by atoms with Crippen molar-refractivity contribution in [1.82, 2.24) is 20.0 Å². The van der Waals surface area contributed by atoms with Crippen LogP contribution in [0.1, 0.15) is 6.42 Å². The lowest BCUT2D eigenvalue weighted by molar-refractivity contribution is -0.121. The lowest BCUT2D eigenvalue weighted by Crippen LogP contribution is -2.45. The number of nitrogens with zero attached hydrogens (tertiary/aromatic N) is 3. The molecule has 0 aliphatic carbocycles. The minimum atomic E-state index is 0.172. The van der Waals surface area contributed by atoms with E-state index in [2.05, 4.69) is 27.1 Å². The molecular formula is C12H26N4O. The van der Waals surface area contributed by atoms with Crippen molar-refractivity contribution in [1.29, 1.82) is 0 Å². The highest BCUT2D eigenvalue weighted by Gasteiger charge is 2.14. The van der Waals surface area contributed by atoms with E-state index in [1.165, 1.54) is 0 Å². The van der Waals surface area contributed by atoms with Crippen LogP contribution in [0.3, 0.4) is 0 Å². The second-order valence-corrected chi connectivity index (χ2v) is 5.05. The summed E-state index contributed by atoms with van der Waals surface area (Å²) in [6.07, 6.45) is 0.622. The maximum absolute atomic E-state index is 11.6. The van der Waals surface area contributed by atoms with Crippen molar-refractivity contribution in [2.24, 2.45) is 0 Å². The first kappa shape index (κ1) is 14.4. The van der Waals surface area contributed by atoms with Gasteiger partial charge in [0, 0.05) is 52.2 Å². The van der Waals surface area contributed by atoms with Crippen LogP contribution in [-0.4, -0.2) is 87.6 Å². The van der Waals surface area contributed by atoms with Crippen LogP contribution in [0, 0.1) is 0 Å². The summed E-state index contributed by atoms with van der Waals surface area (Å²) >= 11 is 0. The van der Waals surface area contributed by atoms with Gasteiger partial charge in [0.1, 0.15) is 0 Å². The fourth-order valence-electron chi connectivity index (χ4n) is 1.84. The van der Waals surface area contributed by atoms with E-state index in [9.17, 15) is 4.79 Å². The highest BCUT2D eigenvalue weighted by molar-refractivity contribution is 5.76. The summed E-state index contributed by atoms with van der Waals surface area (Å²) in [6, 6.07) is 0. The van der Waals surface area contributed by atoms with Crippen LogP contribution >= 0.6 is 0 Å². The van der Waals surface area contributed by atoms with Crippen LogP contribution in [0.4, 0.5) is 0 Å². The number of carbonyl (C=O) groups is 1. The zero-order valence-corrected chi connectivity index (χ0v) is 11.4. The Labute approximate surface area is 105 Å². The lowest BCUT2D eigenvalue weighted by atomic mass is 10.3. The summed E-state index contributed by atoms with van der Waals surface area (Å²) in [4.78, 5) is 18.3. The number of piperazine rings is 1. The van der Waals surface area contributed by atoms with Gasteiger partial charge in [-0.1, -0.05) is 0 Å². The summed E-state index contributed by atoms with van der Waals surface area (Å²) in [5.74, 6) is 0.172. The highest BCUT2D eigenvalue weighted by Crippen LogP contribution is 1.99. The number of amides is 1. The van der Waals surface area contributed by atoms with Crippen molar-refractivity contribution in [2.75, 3.05) is 67.0 Å². The molecule has 0 radical (unpaired) electrons. The topological polar surface area (TPSA) is 38.8 Å². The average Bonchev–Trinajstić information content (AvgIpc) is 2.28. The third-order valence-electron chi connectivity index (χ3n) is 3.13. The Morgan fingerprint density at radius 2 is 1.88 bits per heavy atom. The molecule has 5 nitrogen and oxygen atoms in total. The summed E-state index contributed by atoms with van der Waals surface area (Å²) in [5, 5.41) is 2.94. The quantitative estimate of drug-likeness (QED) is 0.669. The minimum absolute atomic E-state index is 0.172. The number of carbonyl (C=O) groups excluding carboxylic acids is 1. The summed E-state index contributed by atoms with van der Waals surface area (Å²) in [5.41, 5.74) is 0. The summed E-state index contributed by atoms with van der Waals surface area (Å²) < 4.78 is 0. The van der Waals surface area contributed by atoms with Gasteiger partial charge in [0.05, 0.1) is 0 Å². The summed E-state index contributed by atoms with van der Waals surface area (Å²) in [7, 11) is 6.16. The van der Waals surface area contributed by atoms with Gasteiger partial charge in [-0.05, 0) is 21.1 Å². The lowest BCUT2D eigenvalue weighted by Gasteiger charge is -2.32. The molecule has 1 aliphatic rings. The first-order chi connectivity index (χ1) is 8.08. The average molecular weight is 242 g/mol. The Bertz CT molecular complexity index is 225. The molecule has 1 N–H and O–H groups in total. The van der Waals surface area contributed by atoms with E-state index in [4.69, 9.17) is 0 Å². The van der Waals surface area contributed by atoms with Crippen molar-refractivity contribution >= 4 is 5.91 Å². The molecule has 0 unspecified atom stereocenters. The van der Waals surface area contributed by atoms with Gasteiger partial charge < -0.3 is 20.0 Å². The molecule has 1 amide bonds. The maximum atomic E-state index is 11.6.